The Bertz CT molecular complexity index is 893. The molecule has 0 atom stereocenters. The highest BCUT2D eigenvalue weighted by Gasteiger charge is 2.12. The first-order chi connectivity index (χ1) is 13.2. The summed E-state index contributed by atoms with van der Waals surface area (Å²) >= 11 is 0. The van der Waals surface area contributed by atoms with Crippen LogP contribution in [0.4, 0.5) is 5.69 Å². The number of benzene rings is 2. The number of hydrogen-bond donors (Lipinski definition) is 1. The third-order valence-electron chi connectivity index (χ3n) is 3.96. The fourth-order valence-electron chi connectivity index (χ4n) is 2.59. The van der Waals surface area contributed by atoms with E-state index in [4.69, 9.17) is 14.0 Å². The van der Waals surface area contributed by atoms with Gasteiger partial charge in [0.15, 0.2) is 11.5 Å². The number of aromatic nitrogens is 2. The van der Waals surface area contributed by atoms with Crippen molar-refractivity contribution in [3.05, 3.63) is 54.4 Å². The smallest absolute Gasteiger partial charge is 0.226 e. The van der Waals surface area contributed by atoms with Crippen LogP contribution < -0.4 is 14.8 Å². The Morgan fingerprint density at radius 2 is 1.85 bits per heavy atom. The normalized spacial score (nSPS) is 10.4. The summed E-state index contributed by atoms with van der Waals surface area (Å²) in [6.07, 6.45) is 1.53. The summed E-state index contributed by atoms with van der Waals surface area (Å²) in [5, 5.41) is 6.85. The standard InChI is InChI=1S/C20H21N3O4/c1-25-16-12-11-14(13-17(16)26-2)20-22-19(27-23-20)10-6-9-18(24)21-15-7-4-3-5-8-15/h3-5,7-8,11-13H,6,9-10H2,1-2H3,(H,21,24). The van der Waals surface area contributed by atoms with Crippen LogP contribution in [-0.2, 0) is 11.2 Å². The molecule has 2 aromatic carbocycles. The fourth-order valence-corrected chi connectivity index (χ4v) is 2.59. The van der Waals surface area contributed by atoms with Crippen LogP contribution in [0.25, 0.3) is 11.4 Å². The topological polar surface area (TPSA) is 86.5 Å². The molecule has 7 heteroatoms. The Labute approximate surface area is 157 Å². The number of nitrogens with zero attached hydrogens (tertiary/aromatic N) is 2. The molecule has 0 saturated heterocycles. The van der Waals surface area contributed by atoms with Crippen molar-refractivity contribution in [3.8, 4) is 22.9 Å². The van der Waals surface area contributed by atoms with Gasteiger partial charge in [-0.15, -0.1) is 0 Å². The monoisotopic (exact) mass is 367 g/mol. The van der Waals surface area contributed by atoms with Gasteiger partial charge < -0.3 is 19.3 Å². The molecule has 7 nitrogen and oxygen atoms in total. The van der Waals surface area contributed by atoms with E-state index < -0.39 is 0 Å². The number of carbonyl (C=O) groups is 1. The largest absolute Gasteiger partial charge is 0.493 e. The van der Waals surface area contributed by atoms with Crippen LogP contribution in [0.3, 0.4) is 0 Å². The molecule has 0 radical (unpaired) electrons. The second-order valence-corrected chi connectivity index (χ2v) is 5.85. The molecule has 3 aromatic rings. The minimum atomic E-state index is -0.0409. The molecule has 0 unspecified atom stereocenters. The van der Waals surface area contributed by atoms with Crippen molar-refractivity contribution in [1.29, 1.82) is 0 Å². The van der Waals surface area contributed by atoms with Crippen LogP contribution in [0.5, 0.6) is 11.5 Å². The van der Waals surface area contributed by atoms with E-state index in [1.807, 2.05) is 36.4 Å². The van der Waals surface area contributed by atoms with Gasteiger partial charge in [0.25, 0.3) is 0 Å². The predicted molar refractivity (Wildman–Crippen MR) is 101 cm³/mol. The van der Waals surface area contributed by atoms with E-state index in [9.17, 15) is 4.79 Å². The third-order valence-corrected chi connectivity index (χ3v) is 3.96. The lowest BCUT2D eigenvalue weighted by Gasteiger charge is -2.07. The highest BCUT2D eigenvalue weighted by Crippen LogP contribution is 2.31. The zero-order valence-corrected chi connectivity index (χ0v) is 15.3. The van der Waals surface area contributed by atoms with E-state index in [2.05, 4.69) is 15.5 Å². The molecule has 0 aliphatic rings. The number of amides is 1. The highest BCUT2D eigenvalue weighted by molar-refractivity contribution is 5.90. The van der Waals surface area contributed by atoms with Crippen LogP contribution in [0, 0.1) is 0 Å². The number of anilines is 1. The van der Waals surface area contributed by atoms with Gasteiger partial charge in [0.2, 0.25) is 17.6 Å². The molecule has 0 bridgehead atoms. The Hall–Kier alpha value is -3.35. The molecule has 0 spiro atoms. The summed E-state index contributed by atoms with van der Waals surface area (Å²) in [5.74, 6) is 2.15. The number of hydrogen-bond acceptors (Lipinski definition) is 6. The maximum Gasteiger partial charge on any atom is 0.226 e. The highest BCUT2D eigenvalue weighted by atomic mass is 16.5. The average molecular weight is 367 g/mol. The van der Waals surface area contributed by atoms with E-state index in [-0.39, 0.29) is 5.91 Å². The SMILES string of the molecule is COc1ccc(-c2noc(CCCC(=O)Nc3ccccc3)n2)cc1OC. The van der Waals surface area contributed by atoms with Gasteiger partial charge in [0.1, 0.15) is 0 Å². The first-order valence-electron chi connectivity index (χ1n) is 8.59. The van der Waals surface area contributed by atoms with Crippen molar-refractivity contribution in [2.75, 3.05) is 19.5 Å². The summed E-state index contributed by atoms with van der Waals surface area (Å²) in [5.41, 5.74) is 1.56. The van der Waals surface area contributed by atoms with Gasteiger partial charge in [0.05, 0.1) is 14.2 Å². The van der Waals surface area contributed by atoms with Crippen molar-refractivity contribution in [3.63, 3.8) is 0 Å². The first-order valence-corrected chi connectivity index (χ1v) is 8.59. The van der Waals surface area contributed by atoms with E-state index >= 15 is 0 Å². The van der Waals surface area contributed by atoms with Crippen molar-refractivity contribution in [2.24, 2.45) is 0 Å². The second kappa shape index (κ2) is 8.84. The zero-order chi connectivity index (χ0) is 19.1. The van der Waals surface area contributed by atoms with E-state index in [0.717, 1.165) is 11.3 Å². The molecule has 27 heavy (non-hydrogen) atoms. The molecule has 1 N–H and O–H groups in total. The number of carbonyl (C=O) groups excluding carboxylic acids is 1. The molecule has 140 valence electrons. The molecular weight excluding hydrogens is 346 g/mol. The molecule has 0 fully saturated rings. The van der Waals surface area contributed by atoms with Crippen LogP contribution >= 0.6 is 0 Å². The van der Waals surface area contributed by atoms with Crippen LogP contribution in [-0.4, -0.2) is 30.3 Å². The lowest BCUT2D eigenvalue weighted by Crippen LogP contribution is -2.11. The lowest BCUT2D eigenvalue weighted by molar-refractivity contribution is -0.116. The summed E-state index contributed by atoms with van der Waals surface area (Å²) in [7, 11) is 3.15. The van der Waals surface area contributed by atoms with Crippen molar-refractivity contribution < 1.29 is 18.8 Å². The van der Waals surface area contributed by atoms with Gasteiger partial charge in [-0.3, -0.25) is 4.79 Å². The van der Waals surface area contributed by atoms with Gasteiger partial charge in [-0.05, 0) is 36.8 Å². The summed E-state index contributed by atoms with van der Waals surface area (Å²) in [6, 6.07) is 14.8. The molecule has 3 rings (SSSR count). The lowest BCUT2D eigenvalue weighted by atomic mass is 10.2. The second-order valence-electron chi connectivity index (χ2n) is 5.85. The number of rotatable bonds is 8. The predicted octanol–water partition coefficient (Wildman–Crippen LogP) is 3.72. The number of aryl methyl sites for hydroxylation is 1. The molecule has 0 aliphatic carbocycles. The average Bonchev–Trinajstić information content (AvgIpc) is 3.17. The van der Waals surface area contributed by atoms with Crippen molar-refractivity contribution in [2.45, 2.75) is 19.3 Å². The summed E-state index contributed by atoms with van der Waals surface area (Å²) < 4.78 is 15.8. The quantitative estimate of drug-likeness (QED) is 0.653. The van der Waals surface area contributed by atoms with Crippen LogP contribution in [0.1, 0.15) is 18.7 Å². The maximum absolute atomic E-state index is 12.0. The van der Waals surface area contributed by atoms with Gasteiger partial charge >= 0.3 is 0 Å². The van der Waals surface area contributed by atoms with E-state index in [0.29, 0.717) is 42.5 Å². The van der Waals surface area contributed by atoms with Gasteiger partial charge in [0, 0.05) is 24.1 Å². The van der Waals surface area contributed by atoms with Gasteiger partial charge in [-0.1, -0.05) is 23.4 Å². The molecule has 0 saturated carbocycles. The minimum Gasteiger partial charge on any atom is -0.493 e. The van der Waals surface area contributed by atoms with E-state index in [1.165, 1.54) is 0 Å². The van der Waals surface area contributed by atoms with Crippen LogP contribution in [0.2, 0.25) is 0 Å². The Morgan fingerprint density at radius 3 is 2.59 bits per heavy atom. The number of nitrogens with one attached hydrogen (secondary N) is 1. The molecule has 1 aromatic heterocycles. The molecule has 1 amide bonds. The van der Waals surface area contributed by atoms with Crippen molar-refractivity contribution >= 4 is 11.6 Å². The summed E-state index contributed by atoms with van der Waals surface area (Å²) in [6.45, 7) is 0. The van der Waals surface area contributed by atoms with Crippen molar-refractivity contribution in [1.82, 2.24) is 10.1 Å². The third kappa shape index (κ3) is 4.84. The Balaban J connectivity index is 1.54. The van der Waals surface area contributed by atoms with Gasteiger partial charge in [-0.25, -0.2) is 0 Å². The number of ether oxygens (including phenoxy) is 2. The Morgan fingerprint density at radius 1 is 1.07 bits per heavy atom. The minimum absolute atomic E-state index is 0.0409. The molecule has 0 aliphatic heterocycles. The molecule has 1 heterocycles. The van der Waals surface area contributed by atoms with E-state index in [1.54, 1.807) is 26.4 Å². The Kier molecular flexibility index (Phi) is 6.04. The summed E-state index contributed by atoms with van der Waals surface area (Å²) in [4.78, 5) is 16.3. The maximum atomic E-state index is 12.0. The first kappa shape index (κ1) is 18.4. The number of para-hydroxylation sites is 1. The zero-order valence-electron chi connectivity index (χ0n) is 15.3. The van der Waals surface area contributed by atoms with Crippen LogP contribution in [0.15, 0.2) is 53.1 Å². The fraction of sp³-hybridized carbons (Fsp3) is 0.250. The van der Waals surface area contributed by atoms with Gasteiger partial charge in [-0.2, -0.15) is 4.98 Å². The number of methoxy groups -OCH3 is 2. The molecular formula is C20H21N3O4.